The Morgan fingerprint density at radius 3 is 2.37 bits per heavy atom. The first-order valence-corrected chi connectivity index (χ1v) is 11.0. The Kier molecular flexibility index (Phi) is 6.82. The number of rotatable bonds is 7. The van der Waals surface area contributed by atoms with E-state index in [9.17, 15) is 9.59 Å². The van der Waals surface area contributed by atoms with Crippen LogP contribution in [0, 0.1) is 6.92 Å². The second-order valence-electron chi connectivity index (χ2n) is 7.95. The molecule has 3 aromatic carbocycles. The van der Waals surface area contributed by atoms with Crippen LogP contribution in [0.25, 0.3) is 16.9 Å². The fourth-order valence-electron chi connectivity index (χ4n) is 3.63. The van der Waals surface area contributed by atoms with Crippen molar-refractivity contribution in [2.75, 3.05) is 24.9 Å². The van der Waals surface area contributed by atoms with Gasteiger partial charge in [0.25, 0.3) is 5.91 Å². The van der Waals surface area contributed by atoms with E-state index < -0.39 is 0 Å². The zero-order chi connectivity index (χ0) is 24.9. The van der Waals surface area contributed by atoms with Crippen LogP contribution in [0.2, 0.25) is 0 Å². The average molecular weight is 471 g/mol. The van der Waals surface area contributed by atoms with E-state index >= 15 is 0 Å². The van der Waals surface area contributed by atoms with Crippen molar-refractivity contribution in [2.45, 2.75) is 13.8 Å². The number of anilines is 2. The number of methoxy groups -OCH3 is 2. The minimum atomic E-state index is -0.376. The number of amides is 2. The van der Waals surface area contributed by atoms with Crippen LogP contribution >= 0.6 is 0 Å². The molecular weight excluding hydrogens is 444 g/mol. The Bertz CT molecular complexity index is 1380. The maximum absolute atomic E-state index is 13.5. The molecule has 0 aliphatic heterocycles. The standard InChI is InChI=1S/C27H26N4O4/c1-17-8-11-21(12-9-17)31-16-23(26(30-31)19-6-5-7-22(14-19)34-3)27(33)29-24-15-20(28-18(2)32)10-13-25(24)35-4/h5-16H,1-4H3,(H,28,32)(H,29,33). The third-order valence-corrected chi connectivity index (χ3v) is 5.37. The maximum atomic E-state index is 13.5. The van der Waals surface area contributed by atoms with Gasteiger partial charge in [-0.1, -0.05) is 29.8 Å². The van der Waals surface area contributed by atoms with E-state index in [4.69, 9.17) is 14.6 Å². The molecule has 0 saturated heterocycles. The van der Waals surface area contributed by atoms with Gasteiger partial charge in [0.15, 0.2) is 0 Å². The van der Waals surface area contributed by atoms with Crippen LogP contribution in [-0.4, -0.2) is 35.8 Å². The zero-order valence-electron chi connectivity index (χ0n) is 20.0. The number of hydrogen-bond acceptors (Lipinski definition) is 5. The van der Waals surface area contributed by atoms with E-state index in [0.29, 0.717) is 34.1 Å². The summed E-state index contributed by atoms with van der Waals surface area (Å²) in [5.41, 5.74) is 4.51. The van der Waals surface area contributed by atoms with Crippen molar-refractivity contribution in [3.63, 3.8) is 0 Å². The third-order valence-electron chi connectivity index (χ3n) is 5.37. The lowest BCUT2D eigenvalue weighted by atomic mass is 10.1. The molecule has 0 unspecified atom stereocenters. The van der Waals surface area contributed by atoms with Crippen LogP contribution < -0.4 is 20.1 Å². The maximum Gasteiger partial charge on any atom is 0.259 e. The van der Waals surface area contributed by atoms with E-state index in [1.807, 2.05) is 55.5 Å². The van der Waals surface area contributed by atoms with Gasteiger partial charge in [-0.3, -0.25) is 9.59 Å². The summed E-state index contributed by atoms with van der Waals surface area (Å²) < 4.78 is 12.4. The summed E-state index contributed by atoms with van der Waals surface area (Å²) in [4.78, 5) is 25.0. The lowest BCUT2D eigenvalue weighted by Gasteiger charge is -2.12. The highest BCUT2D eigenvalue weighted by molar-refractivity contribution is 6.09. The monoisotopic (exact) mass is 470 g/mol. The number of carbonyl (C=O) groups is 2. The number of ether oxygens (including phenoxy) is 2. The smallest absolute Gasteiger partial charge is 0.259 e. The third kappa shape index (κ3) is 5.33. The van der Waals surface area contributed by atoms with Gasteiger partial charge in [0.2, 0.25) is 5.91 Å². The summed E-state index contributed by atoms with van der Waals surface area (Å²) in [6.07, 6.45) is 1.69. The minimum absolute atomic E-state index is 0.216. The molecule has 178 valence electrons. The Hall–Kier alpha value is -4.59. The second-order valence-corrected chi connectivity index (χ2v) is 7.95. The minimum Gasteiger partial charge on any atom is -0.497 e. The number of aryl methyl sites for hydroxylation is 1. The van der Waals surface area contributed by atoms with Crippen molar-refractivity contribution in [3.05, 3.63) is 84.1 Å². The molecule has 0 radical (unpaired) electrons. The van der Waals surface area contributed by atoms with Gasteiger partial charge in [0, 0.05) is 24.4 Å². The van der Waals surface area contributed by atoms with Crippen LogP contribution in [0.3, 0.4) is 0 Å². The second kappa shape index (κ2) is 10.1. The molecule has 4 rings (SSSR count). The highest BCUT2D eigenvalue weighted by Gasteiger charge is 2.21. The quantitative estimate of drug-likeness (QED) is 0.393. The molecule has 0 atom stereocenters. The van der Waals surface area contributed by atoms with E-state index in [2.05, 4.69) is 10.6 Å². The van der Waals surface area contributed by atoms with Gasteiger partial charge in [-0.2, -0.15) is 5.10 Å². The number of carbonyl (C=O) groups excluding carboxylic acids is 2. The van der Waals surface area contributed by atoms with Crippen LogP contribution in [0.4, 0.5) is 11.4 Å². The van der Waals surface area contributed by atoms with Crippen molar-refractivity contribution in [3.8, 4) is 28.4 Å². The molecule has 2 N–H and O–H groups in total. The SMILES string of the molecule is COc1cccc(-c2nn(-c3ccc(C)cc3)cc2C(=O)Nc2cc(NC(C)=O)ccc2OC)c1. The number of aromatic nitrogens is 2. The Morgan fingerprint density at radius 2 is 1.69 bits per heavy atom. The molecule has 0 aliphatic rings. The molecule has 0 fully saturated rings. The molecule has 0 bridgehead atoms. The van der Waals surface area contributed by atoms with Gasteiger partial charge in [-0.15, -0.1) is 0 Å². The first-order valence-electron chi connectivity index (χ1n) is 11.0. The summed E-state index contributed by atoms with van der Waals surface area (Å²) in [6.45, 7) is 3.43. The largest absolute Gasteiger partial charge is 0.497 e. The summed E-state index contributed by atoms with van der Waals surface area (Å²) in [5, 5.41) is 10.3. The highest BCUT2D eigenvalue weighted by Crippen LogP contribution is 2.31. The van der Waals surface area contributed by atoms with E-state index in [1.54, 1.807) is 36.2 Å². The van der Waals surface area contributed by atoms with Crippen LogP contribution in [-0.2, 0) is 4.79 Å². The molecule has 2 amide bonds. The number of nitrogens with zero attached hydrogens (tertiary/aromatic N) is 2. The lowest BCUT2D eigenvalue weighted by Crippen LogP contribution is -2.14. The van der Waals surface area contributed by atoms with Crippen LogP contribution in [0.5, 0.6) is 11.5 Å². The topological polar surface area (TPSA) is 94.5 Å². The van der Waals surface area contributed by atoms with E-state index in [0.717, 1.165) is 16.8 Å². The molecule has 8 heteroatoms. The molecule has 1 aromatic heterocycles. The van der Waals surface area contributed by atoms with Gasteiger partial charge in [-0.05, 0) is 49.4 Å². The summed E-state index contributed by atoms with van der Waals surface area (Å²) in [5.74, 6) is 0.524. The summed E-state index contributed by atoms with van der Waals surface area (Å²) in [6, 6.07) is 20.3. The normalized spacial score (nSPS) is 10.5. The Morgan fingerprint density at radius 1 is 0.914 bits per heavy atom. The van der Waals surface area contributed by atoms with Crippen LogP contribution in [0.1, 0.15) is 22.8 Å². The van der Waals surface area contributed by atoms with Gasteiger partial charge in [0.1, 0.15) is 17.2 Å². The van der Waals surface area contributed by atoms with Gasteiger partial charge in [-0.25, -0.2) is 4.68 Å². The molecule has 0 saturated carbocycles. The Labute approximate surface area is 203 Å². The summed E-state index contributed by atoms with van der Waals surface area (Å²) in [7, 11) is 3.10. The van der Waals surface area contributed by atoms with Crippen molar-refractivity contribution in [1.82, 2.24) is 9.78 Å². The van der Waals surface area contributed by atoms with Crippen molar-refractivity contribution in [2.24, 2.45) is 0 Å². The lowest BCUT2D eigenvalue weighted by molar-refractivity contribution is -0.114. The molecule has 1 heterocycles. The van der Waals surface area contributed by atoms with Gasteiger partial charge in [0.05, 0.1) is 31.2 Å². The fourth-order valence-corrected chi connectivity index (χ4v) is 3.63. The molecule has 8 nitrogen and oxygen atoms in total. The highest BCUT2D eigenvalue weighted by atomic mass is 16.5. The van der Waals surface area contributed by atoms with Crippen molar-refractivity contribution in [1.29, 1.82) is 0 Å². The zero-order valence-corrected chi connectivity index (χ0v) is 20.0. The predicted octanol–water partition coefficient (Wildman–Crippen LogP) is 5.08. The van der Waals surface area contributed by atoms with E-state index in [1.165, 1.54) is 14.0 Å². The van der Waals surface area contributed by atoms with Gasteiger partial charge < -0.3 is 20.1 Å². The molecular formula is C27H26N4O4. The predicted molar refractivity (Wildman–Crippen MR) is 136 cm³/mol. The molecule has 4 aromatic rings. The average Bonchev–Trinajstić information content (AvgIpc) is 3.30. The molecule has 35 heavy (non-hydrogen) atoms. The molecule has 0 aliphatic carbocycles. The fraction of sp³-hybridized carbons (Fsp3) is 0.148. The van der Waals surface area contributed by atoms with Crippen molar-refractivity contribution < 1.29 is 19.1 Å². The Balaban J connectivity index is 1.77. The summed E-state index contributed by atoms with van der Waals surface area (Å²) >= 11 is 0. The van der Waals surface area contributed by atoms with Crippen molar-refractivity contribution >= 4 is 23.2 Å². The number of benzene rings is 3. The molecule has 0 spiro atoms. The van der Waals surface area contributed by atoms with E-state index in [-0.39, 0.29) is 11.8 Å². The number of hydrogen-bond donors (Lipinski definition) is 2. The van der Waals surface area contributed by atoms with Gasteiger partial charge >= 0.3 is 0 Å². The first-order chi connectivity index (χ1) is 16.9. The first kappa shape index (κ1) is 23.6. The number of nitrogens with one attached hydrogen (secondary N) is 2. The van der Waals surface area contributed by atoms with Crippen LogP contribution in [0.15, 0.2) is 72.9 Å².